The maximum atomic E-state index is 12.0. The maximum absolute atomic E-state index is 12.0. The number of sulfonamides is 1. The number of hydrogen-bond acceptors (Lipinski definition) is 5. The topological polar surface area (TPSA) is 71.5 Å². The van der Waals surface area contributed by atoms with Gasteiger partial charge in [-0.3, -0.25) is 0 Å². The fraction of sp³-hybridized carbons (Fsp3) is 0.577. The average Bonchev–Trinajstić information content (AvgIpc) is 2.83. The summed E-state index contributed by atoms with van der Waals surface area (Å²) in [6.07, 6.45) is 9.48. The summed E-state index contributed by atoms with van der Waals surface area (Å²) in [5, 5.41) is 0. The van der Waals surface area contributed by atoms with E-state index in [2.05, 4.69) is 57.9 Å². The van der Waals surface area contributed by atoms with E-state index < -0.39 is 10.0 Å². The Kier molecular flexibility index (Phi) is 8.04. The molecular formula is C26H37N3O3S. The van der Waals surface area contributed by atoms with Gasteiger partial charge in [-0.2, -0.15) is 0 Å². The molecule has 33 heavy (non-hydrogen) atoms. The smallest absolute Gasteiger partial charge is 0.208 e. The van der Waals surface area contributed by atoms with Crippen molar-refractivity contribution in [2.75, 3.05) is 30.9 Å². The lowest BCUT2D eigenvalue weighted by Crippen LogP contribution is -2.52. The number of pyridine rings is 1. The van der Waals surface area contributed by atoms with Crippen LogP contribution in [0.25, 0.3) is 0 Å². The maximum Gasteiger partial charge on any atom is 0.208 e. The Morgan fingerprint density at radius 3 is 2.55 bits per heavy atom. The first kappa shape index (κ1) is 24.2. The zero-order valence-corrected chi connectivity index (χ0v) is 20.6. The molecule has 2 heterocycles. The molecule has 2 atom stereocenters. The van der Waals surface area contributed by atoms with E-state index in [0.29, 0.717) is 12.5 Å². The molecule has 0 spiro atoms. The summed E-state index contributed by atoms with van der Waals surface area (Å²) in [5.74, 6) is 1.68. The predicted molar refractivity (Wildman–Crippen MR) is 133 cm³/mol. The fourth-order valence-electron chi connectivity index (χ4n) is 5.24. The molecule has 6 nitrogen and oxygen atoms in total. The first-order chi connectivity index (χ1) is 15.9. The molecule has 2 fully saturated rings. The van der Waals surface area contributed by atoms with E-state index in [1.807, 2.05) is 12.3 Å². The quantitative estimate of drug-likeness (QED) is 0.627. The lowest BCUT2D eigenvalue weighted by molar-refractivity contribution is -0.00213. The number of nitrogens with one attached hydrogen (secondary N) is 1. The first-order valence-corrected chi connectivity index (χ1v) is 14.1. The molecule has 1 aromatic heterocycles. The molecule has 1 aliphatic carbocycles. The number of benzene rings is 1. The van der Waals surface area contributed by atoms with Crippen LogP contribution in [0, 0.1) is 5.92 Å². The highest BCUT2D eigenvalue weighted by Gasteiger charge is 2.33. The van der Waals surface area contributed by atoms with E-state index in [0.717, 1.165) is 57.4 Å². The van der Waals surface area contributed by atoms with Crippen molar-refractivity contribution in [1.29, 1.82) is 0 Å². The normalized spacial score (nSPS) is 26.3. The van der Waals surface area contributed by atoms with Crippen molar-refractivity contribution in [2.45, 2.75) is 63.5 Å². The summed E-state index contributed by atoms with van der Waals surface area (Å²) in [4.78, 5) is 6.86. The molecule has 0 amide bonds. The highest BCUT2D eigenvalue weighted by molar-refractivity contribution is 7.88. The molecule has 1 N–H and O–H groups in total. The first-order valence-electron chi connectivity index (χ1n) is 12.2. The predicted octanol–water partition coefficient (Wildman–Crippen LogP) is 4.13. The monoisotopic (exact) mass is 471 g/mol. The highest BCUT2D eigenvalue weighted by atomic mass is 32.2. The molecule has 180 valence electrons. The zero-order chi connectivity index (χ0) is 23.3. The fourth-order valence-corrected chi connectivity index (χ4v) is 6.10. The van der Waals surface area contributed by atoms with E-state index in [9.17, 15) is 8.42 Å². The number of rotatable bonds is 8. The number of aryl methyl sites for hydroxylation is 1. The Balaban J connectivity index is 1.37. The molecular weight excluding hydrogens is 434 g/mol. The zero-order valence-electron chi connectivity index (χ0n) is 19.8. The minimum atomic E-state index is -3.27. The van der Waals surface area contributed by atoms with Crippen molar-refractivity contribution in [2.24, 2.45) is 5.92 Å². The number of anilines is 1. The molecule has 7 heteroatoms. The molecule has 2 aromatic rings. The van der Waals surface area contributed by atoms with E-state index in [1.165, 1.54) is 17.4 Å². The number of nitrogens with zero attached hydrogens (tertiary/aromatic N) is 2. The van der Waals surface area contributed by atoms with Gasteiger partial charge in [0.1, 0.15) is 5.82 Å². The largest absolute Gasteiger partial charge is 0.378 e. The Morgan fingerprint density at radius 2 is 1.85 bits per heavy atom. The summed E-state index contributed by atoms with van der Waals surface area (Å²) < 4.78 is 33.2. The van der Waals surface area contributed by atoms with Gasteiger partial charge in [-0.15, -0.1) is 0 Å². The second kappa shape index (κ2) is 11.0. The van der Waals surface area contributed by atoms with Gasteiger partial charge in [-0.05, 0) is 67.7 Å². The van der Waals surface area contributed by atoms with Gasteiger partial charge in [-0.1, -0.05) is 37.3 Å². The van der Waals surface area contributed by atoms with Crippen molar-refractivity contribution >= 4 is 15.8 Å². The van der Waals surface area contributed by atoms with Crippen LogP contribution in [-0.4, -0.2) is 51.5 Å². The lowest BCUT2D eigenvalue weighted by Gasteiger charge is -2.40. The second-order valence-corrected chi connectivity index (χ2v) is 11.4. The van der Waals surface area contributed by atoms with Crippen LogP contribution in [-0.2, 0) is 21.2 Å². The van der Waals surface area contributed by atoms with Gasteiger partial charge in [0.2, 0.25) is 10.0 Å². The minimum Gasteiger partial charge on any atom is -0.378 e. The lowest BCUT2D eigenvalue weighted by atomic mass is 9.82. The standard InChI is InChI=1S/C26H37N3O3S/c1-3-20-13-15-27-26(17-20)29-16-14-25(28-33(2,30)31)23(18-29)19-32-24-11-9-22(10-12-24)21-7-5-4-6-8-21/h4-8,13,15,17,22-25,28H,3,9-12,14,16,18-19H2,1-2H3/t22?,23-,24?,25?/m0/s1. The van der Waals surface area contributed by atoms with Crippen LogP contribution in [0.15, 0.2) is 48.7 Å². The molecule has 4 rings (SSSR count). The van der Waals surface area contributed by atoms with E-state index in [4.69, 9.17) is 4.74 Å². The molecule has 1 saturated heterocycles. The van der Waals surface area contributed by atoms with Crippen molar-refractivity contribution in [3.63, 3.8) is 0 Å². The van der Waals surface area contributed by atoms with Crippen molar-refractivity contribution in [1.82, 2.24) is 9.71 Å². The van der Waals surface area contributed by atoms with Crippen molar-refractivity contribution < 1.29 is 13.2 Å². The van der Waals surface area contributed by atoms with E-state index in [-0.39, 0.29) is 18.1 Å². The second-order valence-electron chi connectivity index (χ2n) is 9.58. The van der Waals surface area contributed by atoms with Gasteiger partial charge < -0.3 is 9.64 Å². The third-order valence-electron chi connectivity index (χ3n) is 7.13. The van der Waals surface area contributed by atoms with Gasteiger partial charge in [0, 0.05) is 31.2 Å². The van der Waals surface area contributed by atoms with Crippen LogP contribution in [0.1, 0.15) is 56.1 Å². The molecule has 1 aromatic carbocycles. The Morgan fingerprint density at radius 1 is 1.09 bits per heavy atom. The van der Waals surface area contributed by atoms with Crippen LogP contribution in [0.5, 0.6) is 0 Å². The number of hydrogen-bond donors (Lipinski definition) is 1. The molecule has 1 unspecified atom stereocenters. The Hall–Kier alpha value is -1.96. The third kappa shape index (κ3) is 6.78. The summed E-state index contributed by atoms with van der Waals surface area (Å²) in [7, 11) is -3.27. The van der Waals surface area contributed by atoms with Crippen LogP contribution >= 0.6 is 0 Å². The minimum absolute atomic E-state index is 0.0902. The van der Waals surface area contributed by atoms with Crippen LogP contribution < -0.4 is 9.62 Å². The number of ether oxygens (including phenoxy) is 1. The van der Waals surface area contributed by atoms with Gasteiger partial charge in [0.05, 0.1) is 19.0 Å². The van der Waals surface area contributed by atoms with Crippen molar-refractivity contribution in [3.8, 4) is 0 Å². The van der Waals surface area contributed by atoms with E-state index >= 15 is 0 Å². The number of piperidine rings is 1. The van der Waals surface area contributed by atoms with E-state index in [1.54, 1.807) is 0 Å². The van der Waals surface area contributed by atoms with Crippen LogP contribution in [0.2, 0.25) is 0 Å². The van der Waals surface area contributed by atoms with Crippen LogP contribution in [0.4, 0.5) is 5.82 Å². The van der Waals surface area contributed by atoms with Gasteiger partial charge >= 0.3 is 0 Å². The average molecular weight is 472 g/mol. The molecule has 2 aliphatic rings. The number of aromatic nitrogens is 1. The summed E-state index contributed by atoms with van der Waals surface area (Å²) in [6, 6.07) is 14.9. The van der Waals surface area contributed by atoms with Crippen molar-refractivity contribution in [3.05, 3.63) is 59.8 Å². The summed E-state index contributed by atoms with van der Waals surface area (Å²) >= 11 is 0. The Labute approximate surface area is 198 Å². The molecule has 0 radical (unpaired) electrons. The summed E-state index contributed by atoms with van der Waals surface area (Å²) in [5.41, 5.74) is 2.69. The molecule has 0 bridgehead atoms. The Bertz CT molecular complexity index is 991. The molecule has 1 aliphatic heterocycles. The highest BCUT2D eigenvalue weighted by Crippen LogP contribution is 2.34. The van der Waals surface area contributed by atoms with Crippen LogP contribution in [0.3, 0.4) is 0 Å². The van der Waals surface area contributed by atoms with Gasteiger partial charge in [0.15, 0.2) is 0 Å². The summed E-state index contributed by atoms with van der Waals surface area (Å²) in [6.45, 7) is 4.24. The molecule has 1 saturated carbocycles. The van der Waals surface area contributed by atoms with Gasteiger partial charge in [0.25, 0.3) is 0 Å². The SMILES string of the molecule is CCc1ccnc(N2CCC(NS(C)(=O)=O)[C@H](COC3CCC(c4ccccc4)CC3)C2)c1. The van der Waals surface area contributed by atoms with Gasteiger partial charge in [-0.25, -0.2) is 18.1 Å². The third-order valence-corrected chi connectivity index (χ3v) is 7.86.